The second kappa shape index (κ2) is 12.6. The highest BCUT2D eigenvalue weighted by Gasteiger charge is 2.27. The molecule has 1 fully saturated rings. The fraction of sp³-hybridized carbons (Fsp3) is 0.259. The van der Waals surface area contributed by atoms with Crippen LogP contribution in [0.3, 0.4) is 0 Å². The summed E-state index contributed by atoms with van der Waals surface area (Å²) in [5, 5.41) is 5.43. The number of amides is 2. The van der Waals surface area contributed by atoms with Gasteiger partial charge in [0.15, 0.2) is 0 Å². The van der Waals surface area contributed by atoms with Crippen LogP contribution < -0.4 is 14.9 Å². The van der Waals surface area contributed by atoms with Crippen molar-refractivity contribution in [3.63, 3.8) is 0 Å². The molecule has 0 unspecified atom stereocenters. The fourth-order valence-electron chi connectivity index (χ4n) is 4.10. The molecule has 1 aliphatic rings. The molecule has 0 bridgehead atoms. The number of morpholine rings is 1. The van der Waals surface area contributed by atoms with Gasteiger partial charge in [0.25, 0.3) is 5.91 Å². The average molecular weight is 587 g/mol. The van der Waals surface area contributed by atoms with Crippen molar-refractivity contribution in [2.75, 3.05) is 48.7 Å². The van der Waals surface area contributed by atoms with Crippen molar-refractivity contribution in [3.8, 4) is 0 Å². The Labute approximate surface area is 233 Å². The van der Waals surface area contributed by atoms with Crippen molar-refractivity contribution in [2.24, 2.45) is 0 Å². The number of nitrogens with zero attached hydrogens (tertiary/aromatic N) is 2. The van der Waals surface area contributed by atoms with Crippen LogP contribution >= 0.6 is 0 Å². The Morgan fingerprint density at radius 2 is 1.50 bits per heavy atom. The van der Waals surface area contributed by atoms with E-state index in [4.69, 9.17) is 4.74 Å². The van der Waals surface area contributed by atoms with Crippen molar-refractivity contribution in [2.45, 2.75) is 11.4 Å². The van der Waals surface area contributed by atoms with Crippen molar-refractivity contribution in [1.29, 1.82) is 0 Å². The Balaban J connectivity index is 1.47. The van der Waals surface area contributed by atoms with Gasteiger partial charge < -0.3 is 15.4 Å². The predicted molar refractivity (Wildman–Crippen MR) is 151 cm³/mol. The summed E-state index contributed by atoms with van der Waals surface area (Å²) in [7, 11) is -7.69. The third kappa shape index (κ3) is 7.24. The highest BCUT2D eigenvalue weighted by molar-refractivity contribution is 7.92. The predicted octanol–water partition coefficient (Wildman–Crippen LogP) is 2.04. The van der Waals surface area contributed by atoms with E-state index in [9.17, 15) is 26.4 Å². The number of hydrogen-bond donors (Lipinski definition) is 2. The van der Waals surface area contributed by atoms with Gasteiger partial charge in [0.2, 0.25) is 26.0 Å². The van der Waals surface area contributed by atoms with Gasteiger partial charge in [-0.3, -0.25) is 13.9 Å². The first-order valence-corrected chi connectivity index (χ1v) is 15.7. The summed E-state index contributed by atoms with van der Waals surface area (Å²) in [6.45, 7) is 0.755. The fourth-order valence-corrected chi connectivity index (χ4v) is 6.37. The van der Waals surface area contributed by atoms with Crippen LogP contribution in [-0.2, 0) is 36.1 Å². The minimum atomic E-state index is -3.92. The highest BCUT2D eigenvalue weighted by atomic mass is 32.2. The Hall–Kier alpha value is -3.78. The molecule has 0 saturated carbocycles. The SMILES string of the molecule is CS(=O)(=O)N(CC(=O)Nc1ccccc1C(=O)NCc1ccccc1)c1ccc(S(=O)(=O)N2CCOCC2)cc1. The molecular weight excluding hydrogens is 556 g/mol. The smallest absolute Gasteiger partial charge is 0.253 e. The Morgan fingerprint density at radius 3 is 2.15 bits per heavy atom. The zero-order chi connectivity index (χ0) is 28.8. The van der Waals surface area contributed by atoms with Crippen LogP contribution in [-0.4, -0.2) is 72.1 Å². The maximum absolute atomic E-state index is 13.0. The summed E-state index contributed by atoms with van der Waals surface area (Å²) in [5.41, 5.74) is 1.46. The number of sulfonamides is 2. The van der Waals surface area contributed by atoms with Gasteiger partial charge in [-0.1, -0.05) is 42.5 Å². The van der Waals surface area contributed by atoms with Crippen molar-refractivity contribution >= 4 is 43.2 Å². The molecule has 2 amide bonds. The lowest BCUT2D eigenvalue weighted by molar-refractivity contribution is -0.114. The van der Waals surface area contributed by atoms with E-state index in [1.54, 1.807) is 24.3 Å². The van der Waals surface area contributed by atoms with E-state index in [1.165, 1.54) is 28.6 Å². The van der Waals surface area contributed by atoms with Gasteiger partial charge in [-0.15, -0.1) is 0 Å². The lowest BCUT2D eigenvalue weighted by Gasteiger charge is -2.26. The molecule has 2 N–H and O–H groups in total. The Bertz CT molecular complexity index is 1560. The molecule has 0 atom stereocenters. The minimum Gasteiger partial charge on any atom is -0.379 e. The maximum Gasteiger partial charge on any atom is 0.253 e. The first-order chi connectivity index (χ1) is 19.1. The molecule has 1 aliphatic heterocycles. The number of anilines is 2. The van der Waals surface area contributed by atoms with Gasteiger partial charge in [-0.05, 0) is 42.0 Å². The van der Waals surface area contributed by atoms with Crippen LogP contribution in [0.1, 0.15) is 15.9 Å². The number of benzene rings is 3. The first-order valence-electron chi connectivity index (χ1n) is 12.4. The molecule has 0 radical (unpaired) electrons. The van der Waals surface area contributed by atoms with E-state index in [0.29, 0.717) is 19.8 Å². The third-order valence-electron chi connectivity index (χ3n) is 6.16. The van der Waals surface area contributed by atoms with E-state index < -0.39 is 38.4 Å². The highest BCUT2D eigenvalue weighted by Crippen LogP contribution is 2.23. The summed E-state index contributed by atoms with van der Waals surface area (Å²) in [6, 6.07) is 21.0. The number of rotatable bonds is 10. The number of para-hydroxylation sites is 1. The molecule has 3 aromatic rings. The third-order valence-corrected chi connectivity index (χ3v) is 9.22. The maximum atomic E-state index is 13.0. The topological polar surface area (TPSA) is 142 Å². The molecule has 0 aliphatic carbocycles. The van der Waals surface area contributed by atoms with E-state index in [1.807, 2.05) is 30.3 Å². The molecule has 3 aromatic carbocycles. The molecule has 40 heavy (non-hydrogen) atoms. The number of nitrogens with one attached hydrogen (secondary N) is 2. The molecule has 1 heterocycles. The second-order valence-electron chi connectivity index (χ2n) is 9.04. The van der Waals surface area contributed by atoms with E-state index >= 15 is 0 Å². The van der Waals surface area contributed by atoms with Crippen molar-refractivity contribution in [1.82, 2.24) is 9.62 Å². The van der Waals surface area contributed by atoms with Crippen LogP contribution in [0.2, 0.25) is 0 Å². The number of ether oxygens (including phenoxy) is 1. The number of hydrogen-bond acceptors (Lipinski definition) is 7. The standard InChI is InChI=1S/C27H30N4O7S2/c1-39(34,35)31(22-11-13-23(14-12-22)40(36,37)30-15-17-38-18-16-30)20-26(32)29-25-10-6-5-9-24(25)27(33)28-19-21-7-3-2-4-8-21/h2-14H,15-20H2,1H3,(H,28,33)(H,29,32). The van der Waals surface area contributed by atoms with Gasteiger partial charge in [0.1, 0.15) is 6.54 Å². The van der Waals surface area contributed by atoms with Crippen LogP contribution in [0.4, 0.5) is 11.4 Å². The van der Waals surface area contributed by atoms with Gasteiger partial charge in [0, 0.05) is 19.6 Å². The molecular formula is C27H30N4O7S2. The van der Waals surface area contributed by atoms with E-state index in [0.717, 1.165) is 16.1 Å². The quantitative estimate of drug-likeness (QED) is 0.370. The molecule has 11 nitrogen and oxygen atoms in total. The van der Waals surface area contributed by atoms with Crippen LogP contribution in [0.15, 0.2) is 83.8 Å². The summed E-state index contributed by atoms with van der Waals surface area (Å²) in [6.07, 6.45) is 0.948. The zero-order valence-corrected chi connectivity index (χ0v) is 23.4. The number of carbonyl (C=O) groups excluding carboxylic acids is 2. The molecule has 1 saturated heterocycles. The second-order valence-corrected chi connectivity index (χ2v) is 12.9. The van der Waals surface area contributed by atoms with Gasteiger partial charge in [-0.25, -0.2) is 16.8 Å². The van der Waals surface area contributed by atoms with E-state index in [2.05, 4.69) is 10.6 Å². The summed E-state index contributed by atoms with van der Waals surface area (Å²) in [4.78, 5) is 25.8. The molecule has 0 aromatic heterocycles. The van der Waals surface area contributed by atoms with Crippen molar-refractivity contribution in [3.05, 3.63) is 90.0 Å². The van der Waals surface area contributed by atoms with Gasteiger partial charge in [-0.2, -0.15) is 4.31 Å². The monoisotopic (exact) mass is 586 g/mol. The molecule has 212 valence electrons. The van der Waals surface area contributed by atoms with Crippen LogP contribution in [0.5, 0.6) is 0 Å². The lowest BCUT2D eigenvalue weighted by Crippen LogP contribution is -2.40. The van der Waals surface area contributed by atoms with Crippen LogP contribution in [0, 0.1) is 0 Å². The molecule has 13 heteroatoms. The van der Waals surface area contributed by atoms with Crippen molar-refractivity contribution < 1.29 is 31.2 Å². The lowest BCUT2D eigenvalue weighted by atomic mass is 10.1. The Morgan fingerprint density at radius 1 is 0.875 bits per heavy atom. The van der Waals surface area contributed by atoms with E-state index in [-0.39, 0.29) is 34.9 Å². The molecule has 0 spiro atoms. The Kier molecular flexibility index (Phi) is 9.20. The summed E-state index contributed by atoms with van der Waals surface area (Å²) >= 11 is 0. The first kappa shape index (κ1) is 29.2. The molecule has 4 rings (SSSR count). The van der Waals surface area contributed by atoms with Crippen LogP contribution in [0.25, 0.3) is 0 Å². The zero-order valence-electron chi connectivity index (χ0n) is 21.8. The average Bonchev–Trinajstić information content (AvgIpc) is 2.95. The minimum absolute atomic E-state index is 0.00601. The summed E-state index contributed by atoms with van der Waals surface area (Å²) in [5.74, 6) is -1.09. The van der Waals surface area contributed by atoms with Gasteiger partial charge >= 0.3 is 0 Å². The largest absolute Gasteiger partial charge is 0.379 e. The normalized spacial score (nSPS) is 14.3. The van der Waals surface area contributed by atoms with Gasteiger partial charge in [0.05, 0.1) is 41.3 Å². The summed E-state index contributed by atoms with van der Waals surface area (Å²) < 4.78 is 58.4. The number of carbonyl (C=O) groups is 2.